The van der Waals surface area contributed by atoms with Crippen LogP contribution in [0.25, 0.3) is 0 Å². The number of nitrogens with zero attached hydrogens (tertiary/aromatic N) is 2. The molecule has 0 atom stereocenters. The minimum absolute atomic E-state index is 0. The van der Waals surface area contributed by atoms with Crippen LogP contribution < -0.4 is 0 Å². The molecule has 0 aromatic carbocycles. The molecular weight excluding hydrogens is 263 g/mol. The van der Waals surface area contributed by atoms with Crippen LogP contribution in [0.1, 0.15) is 20.8 Å². The monoisotopic (exact) mass is 274 g/mol. The van der Waals surface area contributed by atoms with Gasteiger partial charge in [-0.15, -0.1) is 0 Å². The van der Waals surface area contributed by atoms with Crippen LogP contribution in [0.4, 0.5) is 0 Å². The Morgan fingerprint density at radius 1 is 1.29 bits per heavy atom. The molecule has 0 aliphatic heterocycles. The normalized spacial score (nSPS) is 14.2. The van der Waals surface area contributed by atoms with E-state index in [1.165, 1.54) is 12.3 Å². The zero-order valence-corrected chi connectivity index (χ0v) is 10.5. The summed E-state index contributed by atoms with van der Waals surface area (Å²) in [4.78, 5) is 29.5. The van der Waals surface area contributed by atoms with Crippen molar-refractivity contribution in [2.45, 2.75) is 0 Å². The second kappa shape index (κ2) is 5.34. The fourth-order valence-corrected chi connectivity index (χ4v) is 1.71. The smallest absolute Gasteiger partial charge is 0.205 e. The van der Waals surface area contributed by atoms with Gasteiger partial charge in [0.15, 0.2) is 5.78 Å². The number of aromatic nitrogens is 1. The fraction of sp³-hybridized carbons (Fsp3) is 0.250. The van der Waals surface area contributed by atoms with Crippen LogP contribution in [0.5, 0.6) is 0 Å². The molecule has 1 aliphatic rings. The summed E-state index contributed by atoms with van der Waals surface area (Å²) >= 11 is 0. The molecule has 0 fully saturated rings. The molecule has 1 heterocycles. The van der Waals surface area contributed by atoms with Crippen LogP contribution in [-0.2, 0) is 16.5 Å². The molecule has 4 nitrogen and oxygen atoms in total. The van der Waals surface area contributed by atoms with Gasteiger partial charge in [0.2, 0.25) is 5.78 Å². The standard InChI is InChI=1S/C12H12N2O2.Ni/c1-14(2)7-8-6-10(15)11-9(12(8)16)4-3-5-13-11;/h3-6H,7H2,1-2H3;. The molecule has 0 unspecified atom stereocenters. The number of carbonyl (C=O) groups excluding carboxylic acids is 2. The van der Waals surface area contributed by atoms with Gasteiger partial charge in [0, 0.05) is 34.8 Å². The van der Waals surface area contributed by atoms with E-state index in [0.29, 0.717) is 17.7 Å². The average molecular weight is 275 g/mol. The number of hydrogen-bond donors (Lipinski definition) is 0. The van der Waals surface area contributed by atoms with E-state index in [1.807, 2.05) is 19.0 Å². The summed E-state index contributed by atoms with van der Waals surface area (Å²) in [5, 5.41) is 0. The number of Topliss-reactive ketones (excluding diaryl/α,β-unsaturated/α-hetero) is 1. The Morgan fingerprint density at radius 2 is 2.00 bits per heavy atom. The van der Waals surface area contributed by atoms with Crippen molar-refractivity contribution in [3.05, 3.63) is 41.2 Å². The van der Waals surface area contributed by atoms with Gasteiger partial charge in [-0.1, -0.05) is 0 Å². The first-order valence-corrected chi connectivity index (χ1v) is 4.99. The predicted molar refractivity (Wildman–Crippen MR) is 59.5 cm³/mol. The SMILES string of the molecule is CN(C)CC1=CC(=O)c2ncccc2C1=O.[Ni]. The molecule has 92 valence electrons. The van der Waals surface area contributed by atoms with Crippen LogP contribution >= 0.6 is 0 Å². The van der Waals surface area contributed by atoms with E-state index in [1.54, 1.807) is 12.1 Å². The van der Waals surface area contributed by atoms with Gasteiger partial charge >= 0.3 is 0 Å². The van der Waals surface area contributed by atoms with Crippen LogP contribution in [-0.4, -0.2) is 42.1 Å². The summed E-state index contributed by atoms with van der Waals surface area (Å²) in [5.41, 5.74) is 1.19. The molecule has 0 bridgehead atoms. The molecule has 0 saturated heterocycles. The Labute approximate surface area is 110 Å². The summed E-state index contributed by atoms with van der Waals surface area (Å²) in [5.74, 6) is -0.288. The number of allylic oxidation sites excluding steroid dienone is 1. The van der Waals surface area contributed by atoms with Crippen molar-refractivity contribution in [2.24, 2.45) is 0 Å². The molecule has 2 rings (SSSR count). The summed E-state index contributed by atoms with van der Waals surface area (Å²) in [6.07, 6.45) is 2.91. The van der Waals surface area contributed by atoms with Gasteiger partial charge in [-0.3, -0.25) is 14.6 Å². The Morgan fingerprint density at radius 3 is 2.65 bits per heavy atom. The van der Waals surface area contributed by atoms with Crippen LogP contribution in [0.2, 0.25) is 0 Å². The molecule has 5 heteroatoms. The summed E-state index contributed by atoms with van der Waals surface area (Å²) in [6.45, 7) is 0.471. The summed E-state index contributed by atoms with van der Waals surface area (Å²) in [7, 11) is 3.72. The van der Waals surface area contributed by atoms with Crippen molar-refractivity contribution in [1.29, 1.82) is 0 Å². The first-order valence-electron chi connectivity index (χ1n) is 4.99. The maximum Gasteiger partial charge on any atom is 0.205 e. The minimum atomic E-state index is -0.188. The van der Waals surface area contributed by atoms with Crippen molar-refractivity contribution in [3.63, 3.8) is 0 Å². The molecule has 0 saturated carbocycles. The predicted octanol–water partition coefficient (Wildman–Crippen LogP) is 0.946. The molecule has 1 aromatic heterocycles. The third-order valence-corrected chi connectivity index (χ3v) is 2.37. The maximum absolute atomic E-state index is 12.0. The second-order valence-electron chi connectivity index (χ2n) is 4.00. The van der Waals surface area contributed by atoms with Gasteiger partial charge < -0.3 is 4.90 Å². The van der Waals surface area contributed by atoms with Crippen LogP contribution in [0.15, 0.2) is 30.0 Å². The number of likely N-dealkylation sites (N-methyl/N-ethyl adjacent to an activating group) is 1. The fourth-order valence-electron chi connectivity index (χ4n) is 1.71. The second-order valence-corrected chi connectivity index (χ2v) is 4.00. The Balaban J connectivity index is 0.00000144. The number of pyridine rings is 1. The summed E-state index contributed by atoms with van der Waals surface area (Å²) < 4.78 is 0. The van der Waals surface area contributed by atoms with Crippen LogP contribution in [0.3, 0.4) is 0 Å². The first kappa shape index (κ1) is 13.7. The van der Waals surface area contributed by atoms with Crippen molar-refractivity contribution in [3.8, 4) is 0 Å². The minimum Gasteiger partial charge on any atom is -0.305 e. The number of rotatable bonds is 2. The molecule has 17 heavy (non-hydrogen) atoms. The quantitative estimate of drug-likeness (QED) is 0.754. The number of hydrogen-bond acceptors (Lipinski definition) is 4. The van der Waals surface area contributed by atoms with E-state index in [-0.39, 0.29) is 33.8 Å². The van der Waals surface area contributed by atoms with Gasteiger partial charge in [0.1, 0.15) is 5.69 Å². The molecule has 0 amide bonds. The van der Waals surface area contributed by atoms with Crippen molar-refractivity contribution in [2.75, 3.05) is 20.6 Å². The van der Waals surface area contributed by atoms with Gasteiger partial charge in [-0.25, -0.2) is 0 Å². The Hall–Kier alpha value is -1.32. The topological polar surface area (TPSA) is 50.3 Å². The van der Waals surface area contributed by atoms with Crippen molar-refractivity contribution >= 4 is 11.6 Å². The number of ketones is 2. The molecule has 0 radical (unpaired) electrons. The first-order chi connectivity index (χ1) is 7.59. The zero-order valence-electron chi connectivity index (χ0n) is 9.54. The number of fused-ring (bicyclic) bond motifs is 1. The van der Waals surface area contributed by atoms with E-state index in [9.17, 15) is 9.59 Å². The van der Waals surface area contributed by atoms with Gasteiger partial charge in [0.05, 0.1) is 5.56 Å². The molecule has 1 aliphatic carbocycles. The van der Waals surface area contributed by atoms with Gasteiger partial charge in [0.25, 0.3) is 0 Å². The average Bonchev–Trinajstić information content (AvgIpc) is 2.25. The van der Waals surface area contributed by atoms with E-state index in [0.717, 1.165) is 0 Å². The van der Waals surface area contributed by atoms with Crippen molar-refractivity contribution in [1.82, 2.24) is 9.88 Å². The Kier molecular flexibility index (Phi) is 4.32. The van der Waals surface area contributed by atoms with E-state index < -0.39 is 0 Å². The zero-order chi connectivity index (χ0) is 11.7. The third-order valence-electron chi connectivity index (χ3n) is 2.37. The molecule has 0 spiro atoms. The van der Waals surface area contributed by atoms with E-state index in [2.05, 4.69) is 4.98 Å². The third kappa shape index (κ3) is 2.68. The van der Waals surface area contributed by atoms with E-state index in [4.69, 9.17) is 0 Å². The summed E-state index contributed by atoms with van der Waals surface area (Å²) in [6, 6.07) is 3.31. The van der Waals surface area contributed by atoms with Crippen molar-refractivity contribution < 1.29 is 26.1 Å². The Bertz CT molecular complexity index is 495. The molecule has 1 aromatic rings. The molecule has 0 N–H and O–H groups in total. The maximum atomic E-state index is 12.0. The molecular formula is C12H12N2NiO2. The van der Waals surface area contributed by atoms with Gasteiger partial charge in [-0.2, -0.15) is 0 Å². The van der Waals surface area contributed by atoms with E-state index >= 15 is 0 Å². The largest absolute Gasteiger partial charge is 0.305 e. The van der Waals surface area contributed by atoms with Crippen LogP contribution in [0, 0.1) is 0 Å². The number of carbonyl (C=O) groups is 2. The van der Waals surface area contributed by atoms with Gasteiger partial charge in [-0.05, 0) is 32.3 Å².